The number of carbonyl (C=O) groups excluding carboxylic acids is 1. The van der Waals surface area contributed by atoms with E-state index in [0.29, 0.717) is 5.56 Å². The van der Waals surface area contributed by atoms with Crippen molar-refractivity contribution in [3.63, 3.8) is 0 Å². The van der Waals surface area contributed by atoms with Gasteiger partial charge in [-0.3, -0.25) is 4.79 Å². The van der Waals surface area contributed by atoms with Gasteiger partial charge < -0.3 is 10.1 Å². The molecule has 3 nitrogen and oxygen atoms in total. The smallest absolute Gasteiger partial charge is 0.387 e. The van der Waals surface area contributed by atoms with E-state index in [0.717, 1.165) is 11.1 Å². The van der Waals surface area contributed by atoms with Gasteiger partial charge in [-0.05, 0) is 35.7 Å². The zero-order valence-electron chi connectivity index (χ0n) is 15.4. The van der Waals surface area contributed by atoms with E-state index in [-0.39, 0.29) is 18.1 Å². The Kier molecular flexibility index (Phi) is 6.04. The van der Waals surface area contributed by atoms with Gasteiger partial charge in [0.05, 0.1) is 12.0 Å². The minimum absolute atomic E-state index is 0.0672. The maximum atomic E-state index is 12.8. The SMILES string of the molecule is CC(NC(=O)Cc1ccc(OC(F)F)cc1)(c1ccccc1)c1ccccc1. The minimum Gasteiger partial charge on any atom is -0.435 e. The van der Waals surface area contributed by atoms with Gasteiger partial charge in [-0.15, -0.1) is 0 Å². The summed E-state index contributed by atoms with van der Waals surface area (Å²) in [5, 5.41) is 3.13. The second kappa shape index (κ2) is 8.65. The maximum Gasteiger partial charge on any atom is 0.387 e. The molecule has 0 aliphatic heterocycles. The molecule has 0 aromatic heterocycles. The number of hydrogen-bond acceptors (Lipinski definition) is 2. The topological polar surface area (TPSA) is 38.3 Å². The van der Waals surface area contributed by atoms with Crippen LogP contribution in [-0.2, 0) is 16.8 Å². The van der Waals surface area contributed by atoms with E-state index in [1.54, 1.807) is 12.1 Å². The number of nitrogens with one attached hydrogen (secondary N) is 1. The van der Waals surface area contributed by atoms with Gasteiger partial charge >= 0.3 is 6.61 Å². The van der Waals surface area contributed by atoms with Crippen LogP contribution in [0.3, 0.4) is 0 Å². The summed E-state index contributed by atoms with van der Waals surface area (Å²) >= 11 is 0. The maximum absolute atomic E-state index is 12.8. The lowest BCUT2D eigenvalue weighted by Crippen LogP contribution is -2.45. The van der Waals surface area contributed by atoms with Crippen LogP contribution in [0.4, 0.5) is 8.78 Å². The highest BCUT2D eigenvalue weighted by Gasteiger charge is 2.30. The first-order chi connectivity index (χ1) is 13.5. The molecule has 1 amide bonds. The van der Waals surface area contributed by atoms with Crippen LogP contribution >= 0.6 is 0 Å². The molecule has 0 bridgehead atoms. The minimum atomic E-state index is -2.87. The Morgan fingerprint density at radius 2 is 1.39 bits per heavy atom. The molecule has 0 unspecified atom stereocenters. The standard InChI is InChI=1S/C23H21F2NO2/c1-23(18-8-4-2-5-9-18,19-10-6-3-7-11-19)26-21(27)16-17-12-14-20(15-13-17)28-22(24)25/h2-15,22H,16H2,1H3,(H,26,27). The molecule has 0 fully saturated rings. The third-order valence-electron chi connectivity index (χ3n) is 4.60. The predicted molar refractivity (Wildman–Crippen MR) is 104 cm³/mol. The first kappa shape index (κ1) is 19.5. The Labute approximate surface area is 163 Å². The molecule has 0 atom stereocenters. The van der Waals surface area contributed by atoms with Gasteiger partial charge in [0.25, 0.3) is 0 Å². The number of alkyl halides is 2. The molecule has 3 aromatic carbocycles. The molecule has 3 aromatic rings. The Bertz CT molecular complexity index is 857. The van der Waals surface area contributed by atoms with E-state index in [4.69, 9.17) is 0 Å². The van der Waals surface area contributed by atoms with Crippen LogP contribution in [0.5, 0.6) is 5.75 Å². The van der Waals surface area contributed by atoms with Crippen molar-refractivity contribution in [2.75, 3.05) is 0 Å². The summed E-state index contributed by atoms with van der Waals surface area (Å²) in [6, 6.07) is 25.6. The fourth-order valence-electron chi connectivity index (χ4n) is 3.15. The van der Waals surface area contributed by atoms with Gasteiger partial charge in [0.2, 0.25) is 5.91 Å². The van der Waals surface area contributed by atoms with Gasteiger partial charge in [0, 0.05) is 0 Å². The summed E-state index contributed by atoms with van der Waals surface area (Å²) < 4.78 is 28.8. The molecule has 0 heterocycles. The van der Waals surface area contributed by atoms with Crippen LogP contribution in [0.2, 0.25) is 0 Å². The van der Waals surface area contributed by atoms with E-state index in [2.05, 4.69) is 10.1 Å². The molecule has 1 N–H and O–H groups in total. The molecule has 0 aliphatic rings. The lowest BCUT2D eigenvalue weighted by molar-refractivity contribution is -0.121. The zero-order chi connectivity index (χ0) is 20.0. The van der Waals surface area contributed by atoms with Crippen LogP contribution in [0, 0.1) is 0 Å². The van der Waals surface area contributed by atoms with Crippen LogP contribution in [0.15, 0.2) is 84.9 Å². The Morgan fingerprint density at radius 1 is 0.893 bits per heavy atom. The van der Waals surface area contributed by atoms with E-state index in [9.17, 15) is 13.6 Å². The Morgan fingerprint density at radius 3 is 1.86 bits per heavy atom. The number of rotatable bonds is 7. The van der Waals surface area contributed by atoms with Crippen molar-refractivity contribution in [1.29, 1.82) is 0 Å². The summed E-state index contributed by atoms with van der Waals surface area (Å²) in [5.74, 6) is -0.102. The fraction of sp³-hybridized carbons (Fsp3) is 0.174. The highest BCUT2D eigenvalue weighted by molar-refractivity contribution is 5.80. The number of amides is 1. The summed E-state index contributed by atoms with van der Waals surface area (Å²) in [7, 11) is 0. The molecule has 0 saturated heterocycles. The third kappa shape index (κ3) is 4.74. The first-order valence-electron chi connectivity index (χ1n) is 8.93. The van der Waals surface area contributed by atoms with Crippen molar-refractivity contribution in [2.24, 2.45) is 0 Å². The largest absolute Gasteiger partial charge is 0.435 e. The molecule has 144 valence electrons. The van der Waals surface area contributed by atoms with Crippen molar-refractivity contribution in [1.82, 2.24) is 5.32 Å². The molecule has 28 heavy (non-hydrogen) atoms. The van der Waals surface area contributed by atoms with Crippen molar-refractivity contribution in [2.45, 2.75) is 25.5 Å². The quantitative estimate of drug-likeness (QED) is 0.631. The van der Waals surface area contributed by atoms with Gasteiger partial charge in [-0.25, -0.2) is 0 Å². The van der Waals surface area contributed by atoms with Crippen molar-refractivity contribution in [3.8, 4) is 5.75 Å². The summed E-state index contributed by atoms with van der Waals surface area (Å²) in [6.07, 6.45) is 0.129. The Hall–Kier alpha value is -3.21. The van der Waals surface area contributed by atoms with Gasteiger partial charge in [-0.1, -0.05) is 72.8 Å². The lowest BCUT2D eigenvalue weighted by Gasteiger charge is -2.32. The lowest BCUT2D eigenvalue weighted by atomic mass is 9.84. The van der Waals surface area contributed by atoms with E-state index >= 15 is 0 Å². The first-order valence-corrected chi connectivity index (χ1v) is 8.93. The molecule has 3 rings (SSSR count). The van der Waals surface area contributed by atoms with Crippen LogP contribution in [-0.4, -0.2) is 12.5 Å². The van der Waals surface area contributed by atoms with Crippen molar-refractivity contribution < 1.29 is 18.3 Å². The van der Waals surface area contributed by atoms with E-state index < -0.39 is 12.2 Å². The van der Waals surface area contributed by atoms with Crippen LogP contribution in [0.25, 0.3) is 0 Å². The molecule has 0 radical (unpaired) electrons. The van der Waals surface area contributed by atoms with Crippen LogP contribution < -0.4 is 10.1 Å². The summed E-state index contributed by atoms with van der Waals surface area (Å²) in [6.45, 7) is -0.901. The van der Waals surface area contributed by atoms with E-state index in [1.165, 1.54) is 12.1 Å². The number of halogens is 2. The average molecular weight is 381 g/mol. The fourth-order valence-corrected chi connectivity index (χ4v) is 3.15. The molecule has 0 spiro atoms. The number of benzene rings is 3. The van der Waals surface area contributed by atoms with Gasteiger partial charge in [-0.2, -0.15) is 8.78 Å². The third-order valence-corrected chi connectivity index (χ3v) is 4.60. The predicted octanol–water partition coefficient (Wildman–Crippen LogP) is 4.91. The monoisotopic (exact) mass is 381 g/mol. The average Bonchev–Trinajstić information content (AvgIpc) is 2.70. The van der Waals surface area contributed by atoms with Crippen LogP contribution in [0.1, 0.15) is 23.6 Å². The van der Waals surface area contributed by atoms with Gasteiger partial charge in [0.1, 0.15) is 5.75 Å². The second-order valence-corrected chi connectivity index (χ2v) is 6.60. The number of ether oxygens (including phenoxy) is 1. The highest BCUT2D eigenvalue weighted by Crippen LogP contribution is 2.29. The second-order valence-electron chi connectivity index (χ2n) is 6.60. The summed E-state index contributed by atoms with van der Waals surface area (Å²) in [5.41, 5.74) is 1.95. The molecule has 0 saturated carbocycles. The number of carbonyl (C=O) groups is 1. The van der Waals surface area contributed by atoms with Gasteiger partial charge in [0.15, 0.2) is 0 Å². The Balaban J connectivity index is 1.79. The normalized spacial score (nSPS) is 11.3. The van der Waals surface area contributed by atoms with Crippen molar-refractivity contribution >= 4 is 5.91 Å². The molecule has 5 heteroatoms. The molecule has 0 aliphatic carbocycles. The molecular formula is C23H21F2NO2. The molecular weight excluding hydrogens is 360 g/mol. The van der Waals surface area contributed by atoms with E-state index in [1.807, 2.05) is 67.6 Å². The highest BCUT2D eigenvalue weighted by atomic mass is 19.3. The van der Waals surface area contributed by atoms with Crippen molar-refractivity contribution in [3.05, 3.63) is 102 Å². The zero-order valence-corrected chi connectivity index (χ0v) is 15.4. The summed E-state index contributed by atoms with van der Waals surface area (Å²) in [4.78, 5) is 12.8. The number of hydrogen-bond donors (Lipinski definition) is 1.